The summed E-state index contributed by atoms with van der Waals surface area (Å²) in [6, 6.07) is 6.76. The molecule has 1 aliphatic rings. The first-order chi connectivity index (χ1) is 8.16. The van der Waals surface area contributed by atoms with E-state index >= 15 is 0 Å². The summed E-state index contributed by atoms with van der Waals surface area (Å²) in [6.45, 7) is 0. The maximum absolute atomic E-state index is 4.30. The average molecular weight is 313 g/mol. The normalized spacial score (nSPS) is 20.8. The molecule has 17 heavy (non-hydrogen) atoms. The molecular weight excluding hydrogens is 296 g/mol. The molecule has 0 bridgehead atoms. The summed E-state index contributed by atoms with van der Waals surface area (Å²) >= 11 is 4.02. The molecule has 0 aliphatic carbocycles. The number of nitrogens with zero attached hydrogens (tertiary/aromatic N) is 2. The minimum absolute atomic E-state index is 0.539. The van der Waals surface area contributed by atoms with E-state index < -0.39 is 8.46 Å². The molecule has 92 valence electrons. The van der Waals surface area contributed by atoms with Gasteiger partial charge in [-0.15, -0.1) is 0 Å². The summed E-state index contributed by atoms with van der Waals surface area (Å²) in [4.78, 5) is 0. The largest absolute Gasteiger partial charge is 0.268 e. The third kappa shape index (κ3) is 2.25. The van der Waals surface area contributed by atoms with Crippen LogP contribution in [0.5, 0.6) is 0 Å². The average Bonchev–Trinajstić information content (AvgIpc) is 2.87. The number of hydrogen-bond acceptors (Lipinski definition) is 1. The third-order valence-electron chi connectivity index (χ3n) is 3.51. The van der Waals surface area contributed by atoms with Gasteiger partial charge in [-0.25, -0.2) is 0 Å². The number of aryl methyl sites for hydroxylation is 1. The van der Waals surface area contributed by atoms with Crippen LogP contribution in [0.4, 0.5) is 0 Å². The smallest absolute Gasteiger partial charge is 0.0682 e. The van der Waals surface area contributed by atoms with E-state index in [9.17, 15) is 0 Å². The first-order valence-corrected chi connectivity index (χ1v) is 10.0. The molecular formula is C13H17BrN2S. The van der Waals surface area contributed by atoms with Gasteiger partial charge < -0.3 is 0 Å². The molecule has 0 unspecified atom stereocenters. The van der Waals surface area contributed by atoms with Crippen molar-refractivity contribution in [3.05, 3.63) is 30.0 Å². The van der Waals surface area contributed by atoms with E-state index in [1.54, 1.807) is 0 Å². The highest BCUT2D eigenvalue weighted by atomic mass is 79.9. The van der Waals surface area contributed by atoms with Gasteiger partial charge in [-0.05, 0) is 50.8 Å². The molecule has 0 saturated carbocycles. The minimum Gasteiger partial charge on any atom is -0.268 e. The standard InChI is InChI=1S/C13H17BrN2S/c1-16-13-8-11(4-5-12(13)9-15-16)10-17(14)6-2-3-7-17/h4-5,8-9H,2-3,6-7,10H2,1H3. The topological polar surface area (TPSA) is 17.8 Å². The molecule has 3 rings (SSSR count). The van der Waals surface area contributed by atoms with E-state index in [2.05, 4.69) is 38.1 Å². The van der Waals surface area contributed by atoms with Crippen molar-refractivity contribution >= 4 is 34.2 Å². The van der Waals surface area contributed by atoms with E-state index in [0.29, 0.717) is 0 Å². The fourth-order valence-corrected chi connectivity index (χ4v) is 7.43. The molecule has 1 fully saturated rings. The lowest BCUT2D eigenvalue weighted by Gasteiger charge is -2.27. The molecule has 2 aromatic rings. The van der Waals surface area contributed by atoms with Crippen molar-refractivity contribution in [2.24, 2.45) is 7.05 Å². The number of hydrogen-bond donors (Lipinski definition) is 0. The first-order valence-electron chi connectivity index (χ1n) is 6.03. The summed E-state index contributed by atoms with van der Waals surface area (Å²) in [6.07, 6.45) is 4.73. The van der Waals surface area contributed by atoms with Gasteiger partial charge >= 0.3 is 0 Å². The van der Waals surface area contributed by atoms with Crippen LogP contribution in [0.15, 0.2) is 24.4 Å². The van der Waals surface area contributed by atoms with Crippen molar-refractivity contribution in [3.8, 4) is 0 Å². The fourth-order valence-electron chi connectivity index (χ4n) is 2.55. The van der Waals surface area contributed by atoms with E-state index in [1.165, 1.54) is 46.6 Å². The van der Waals surface area contributed by atoms with Gasteiger partial charge in [0.1, 0.15) is 0 Å². The molecule has 1 aromatic carbocycles. The predicted octanol–water partition coefficient (Wildman–Crippen LogP) is 3.98. The van der Waals surface area contributed by atoms with E-state index in [4.69, 9.17) is 0 Å². The number of aromatic nitrogens is 2. The van der Waals surface area contributed by atoms with Gasteiger partial charge in [0, 0.05) is 18.2 Å². The molecule has 0 N–H and O–H groups in total. The molecule has 1 saturated heterocycles. The van der Waals surface area contributed by atoms with Crippen molar-refractivity contribution < 1.29 is 0 Å². The zero-order valence-electron chi connectivity index (χ0n) is 10.0. The van der Waals surface area contributed by atoms with Crippen LogP contribution < -0.4 is 0 Å². The van der Waals surface area contributed by atoms with Crippen LogP contribution in [0, 0.1) is 0 Å². The summed E-state index contributed by atoms with van der Waals surface area (Å²) in [5.41, 5.74) is 2.70. The number of rotatable bonds is 2. The van der Waals surface area contributed by atoms with Crippen LogP contribution in [0.3, 0.4) is 0 Å². The Morgan fingerprint density at radius 3 is 2.88 bits per heavy atom. The zero-order chi connectivity index (χ0) is 11.9. The molecule has 1 aliphatic heterocycles. The van der Waals surface area contributed by atoms with Gasteiger partial charge in [-0.2, -0.15) is 13.6 Å². The van der Waals surface area contributed by atoms with Crippen molar-refractivity contribution in [3.63, 3.8) is 0 Å². The second kappa shape index (κ2) is 4.32. The third-order valence-corrected chi connectivity index (χ3v) is 9.03. The van der Waals surface area contributed by atoms with Crippen molar-refractivity contribution in [1.29, 1.82) is 0 Å². The Balaban J connectivity index is 1.92. The Hall–Kier alpha value is -0.480. The van der Waals surface area contributed by atoms with Gasteiger partial charge in [0.2, 0.25) is 0 Å². The molecule has 0 atom stereocenters. The zero-order valence-corrected chi connectivity index (χ0v) is 12.4. The Kier molecular flexibility index (Phi) is 2.95. The van der Waals surface area contributed by atoms with Crippen molar-refractivity contribution in [1.82, 2.24) is 9.78 Å². The van der Waals surface area contributed by atoms with Gasteiger partial charge in [0.25, 0.3) is 0 Å². The van der Waals surface area contributed by atoms with Gasteiger partial charge in [-0.3, -0.25) is 4.68 Å². The molecule has 1 aromatic heterocycles. The fraction of sp³-hybridized carbons (Fsp3) is 0.462. The molecule has 0 amide bonds. The van der Waals surface area contributed by atoms with Crippen LogP contribution in [0.2, 0.25) is 0 Å². The van der Waals surface area contributed by atoms with Crippen molar-refractivity contribution in [2.75, 3.05) is 11.5 Å². The number of fused-ring (bicyclic) bond motifs is 1. The molecule has 0 spiro atoms. The van der Waals surface area contributed by atoms with E-state index in [0.717, 1.165) is 0 Å². The van der Waals surface area contributed by atoms with Crippen molar-refractivity contribution in [2.45, 2.75) is 18.6 Å². The monoisotopic (exact) mass is 312 g/mol. The van der Waals surface area contributed by atoms with Gasteiger partial charge in [0.15, 0.2) is 0 Å². The lowest BCUT2D eigenvalue weighted by molar-refractivity contribution is 0.796. The minimum atomic E-state index is -0.539. The predicted molar refractivity (Wildman–Crippen MR) is 79.9 cm³/mol. The molecule has 2 nitrogen and oxygen atoms in total. The highest BCUT2D eigenvalue weighted by Crippen LogP contribution is 2.62. The van der Waals surface area contributed by atoms with Crippen LogP contribution in [0.25, 0.3) is 10.9 Å². The Morgan fingerprint density at radius 2 is 2.12 bits per heavy atom. The van der Waals surface area contributed by atoms with Crippen LogP contribution in [0.1, 0.15) is 18.4 Å². The van der Waals surface area contributed by atoms with E-state index in [1.807, 2.05) is 17.9 Å². The second-order valence-electron chi connectivity index (χ2n) is 4.86. The van der Waals surface area contributed by atoms with Gasteiger partial charge in [-0.1, -0.05) is 12.1 Å². The second-order valence-corrected chi connectivity index (χ2v) is 12.0. The van der Waals surface area contributed by atoms with E-state index in [-0.39, 0.29) is 0 Å². The summed E-state index contributed by atoms with van der Waals surface area (Å²) < 4.78 is 1.96. The highest BCUT2D eigenvalue weighted by molar-refractivity contribution is 9.58. The SMILES string of the molecule is Cn1ncc2ccc(CS3(Br)CCCC3)cc21. The van der Waals surface area contributed by atoms with Crippen LogP contribution in [-0.4, -0.2) is 21.3 Å². The summed E-state index contributed by atoms with van der Waals surface area (Å²) in [7, 11) is 1.47. The van der Waals surface area contributed by atoms with Gasteiger partial charge in [0.05, 0.1) is 11.7 Å². The first kappa shape index (κ1) is 11.6. The van der Waals surface area contributed by atoms with Crippen LogP contribution >= 0.6 is 23.3 Å². The molecule has 4 heteroatoms. The number of halogens is 1. The maximum Gasteiger partial charge on any atom is 0.0682 e. The Labute approximate surface area is 111 Å². The number of benzene rings is 1. The maximum atomic E-state index is 4.30. The molecule has 2 heterocycles. The highest BCUT2D eigenvalue weighted by Gasteiger charge is 2.25. The van der Waals surface area contributed by atoms with Crippen LogP contribution in [-0.2, 0) is 12.8 Å². The summed E-state index contributed by atoms with van der Waals surface area (Å²) in [5.74, 6) is 3.99. The Morgan fingerprint density at radius 1 is 1.35 bits per heavy atom. The Bertz CT molecular complexity index is 543. The lowest BCUT2D eigenvalue weighted by atomic mass is 10.2. The lowest BCUT2D eigenvalue weighted by Crippen LogP contribution is -1.98. The summed E-state index contributed by atoms with van der Waals surface area (Å²) in [5, 5.41) is 5.54. The quantitative estimate of drug-likeness (QED) is 0.820. The molecule has 0 radical (unpaired) electrons.